The van der Waals surface area contributed by atoms with Crippen molar-refractivity contribution in [1.29, 1.82) is 0 Å². The van der Waals surface area contributed by atoms with Crippen molar-refractivity contribution in [3.05, 3.63) is 71.0 Å². The molecule has 1 atom stereocenters. The third-order valence-corrected chi connectivity index (χ3v) is 3.59. The number of benzene rings is 2. The van der Waals surface area contributed by atoms with Gasteiger partial charge in [-0.25, -0.2) is 9.18 Å². The molecule has 0 radical (unpaired) electrons. The lowest BCUT2D eigenvalue weighted by Gasteiger charge is -2.18. The van der Waals surface area contributed by atoms with Crippen LogP contribution in [0.15, 0.2) is 48.5 Å². The predicted octanol–water partition coefficient (Wildman–Crippen LogP) is 2.40. The van der Waals surface area contributed by atoms with Crippen molar-refractivity contribution in [3.8, 4) is 0 Å². The van der Waals surface area contributed by atoms with Gasteiger partial charge < -0.3 is 15.5 Å². The lowest BCUT2D eigenvalue weighted by molar-refractivity contribution is -0.137. The smallest absolute Gasteiger partial charge is 0.335 e. The van der Waals surface area contributed by atoms with E-state index in [9.17, 15) is 18.8 Å². The van der Waals surface area contributed by atoms with Gasteiger partial charge >= 0.3 is 11.9 Å². The van der Waals surface area contributed by atoms with Gasteiger partial charge in [0.1, 0.15) is 5.82 Å². The minimum Gasteiger partial charge on any atom is -0.481 e. The Morgan fingerprint density at radius 3 is 2.24 bits per heavy atom. The van der Waals surface area contributed by atoms with E-state index in [0.717, 1.165) is 0 Å². The number of nitrogens with one attached hydrogen (secondary N) is 1. The van der Waals surface area contributed by atoms with E-state index in [2.05, 4.69) is 5.32 Å². The molecule has 7 heteroatoms. The van der Waals surface area contributed by atoms with Gasteiger partial charge in [-0.15, -0.1) is 0 Å². The number of carboxylic acids is 2. The molecular formula is C18H16FNO5. The molecule has 0 heterocycles. The van der Waals surface area contributed by atoms with Crippen molar-refractivity contribution in [2.24, 2.45) is 0 Å². The average molecular weight is 345 g/mol. The first-order chi connectivity index (χ1) is 11.9. The molecule has 2 rings (SSSR count). The molecule has 0 aliphatic heterocycles. The Morgan fingerprint density at radius 2 is 1.64 bits per heavy atom. The van der Waals surface area contributed by atoms with Crippen LogP contribution in [-0.4, -0.2) is 28.1 Å². The van der Waals surface area contributed by atoms with Crippen LogP contribution in [0.4, 0.5) is 4.39 Å². The van der Waals surface area contributed by atoms with Crippen LogP contribution in [0.1, 0.15) is 33.9 Å². The van der Waals surface area contributed by atoms with Gasteiger partial charge in [0.2, 0.25) is 5.91 Å². The number of halogens is 1. The molecule has 2 aromatic rings. The van der Waals surface area contributed by atoms with E-state index in [1.807, 2.05) is 0 Å². The van der Waals surface area contributed by atoms with Gasteiger partial charge in [-0.1, -0.05) is 30.3 Å². The molecule has 130 valence electrons. The van der Waals surface area contributed by atoms with E-state index in [1.165, 1.54) is 36.4 Å². The molecule has 25 heavy (non-hydrogen) atoms. The number of aromatic carboxylic acids is 1. The Bertz CT molecular complexity index is 788. The number of carbonyl (C=O) groups is 3. The summed E-state index contributed by atoms with van der Waals surface area (Å²) in [6, 6.07) is 10.4. The van der Waals surface area contributed by atoms with Crippen molar-refractivity contribution >= 4 is 17.8 Å². The van der Waals surface area contributed by atoms with Crippen LogP contribution in [0.25, 0.3) is 0 Å². The second-order valence-electron chi connectivity index (χ2n) is 5.41. The molecule has 0 fully saturated rings. The zero-order chi connectivity index (χ0) is 18.4. The van der Waals surface area contributed by atoms with Gasteiger partial charge in [0.15, 0.2) is 0 Å². The Balaban J connectivity index is 2.16. The molecule has 0 aromatic heterocycles. The van der Waals surface area contributed by atoms with E-state index >= 15 is 0 Å². The van der Waals surface area contributed by atoms with Gasteiger partial charge in [-0.2, -0.15) is 0 Å². The van der Waals surface area contributed by atoms with Gasteiger partial charge in [0.25, 0.3) is 0 Å². The number of hydrogen-bond donors (Lipinski definition) is 3. The summed E-state index contributed by atoms with van der Waals surface area (Å²) in [4.78, 5) is 34.5. The summed E-state index contributed by atoms with van der Waals surface area (Å²) in [6.45, 7) is 0. The topological polar surface area (TPSA) is 104 Å². The first-order valence-corrected chi connectivity index (χ1v) is 7.44. The summed E-state index contributed by atoms with van der Waals surface area (Å²) < 4.78 is 13.0. The fourth-order valence-electron chi connectivity index (χ4n) is 2.42. The van der Waals surface area contributed by atoms with Crippen LogP contribution in [0.3, 0.4) is 0 Å². The first-order valence-electron chi connectivity index (χ1n) is 7.44. The van der Waals surface area contributed by atoms with Crippen molar-refractivity contribution in [3.63, 3.8) is 0 Å². The number of rotatable bonds is 7. The van der Waals surface area contributed by atoms with Crippen molar-refractivity contribution in [2.75, 3.05) is 0 Å². The number of carbonyl (C=O) groups excluding carboxylic acids is 1. The highest BCUT2D eigenvalue weighted by Gasteiger charge is 2.20. The second-order valence-corrected chi connectivity index (χ2v) is 5.41. The SMILES string of the molecule is O=C(O)C[C@@H](NC(=O)Cc1ccccc1C(=O)O)c1ccc(F)cc1. The van der Waals surface area contributed by atoms with E-state index < -0.39 is 29.7 Å². The first kappa shape index (κ1) is 18.1. The Labute approximate surface area is 142 Å². The van der Waals surface area contributed by atoms with E-state index in [0.29, 0.717) is 11.1 Å². The van der Waals surface area contributed by atoms with Crippen molar-refractivity contribution < 1.29 is 29.0 Å². The standard InChI is InChI=1S/C18H16FNO5/c19-13-7-5-11(6-8-13)15(10-17(22)23)20-16(21)9-12-3-1-2-4-14(12)18(24)25/h1-8,15H,9-10H2,(H,20,21)(H,22,23)(H,24,25)/t15-/m1/s1. The van der Waals surface area contributed by atoms with Gasteiger partial charge in [0.05, 0.1) is 24.4 Å². The zero-order valence-corrected chi connectivity index (χ0v) is 13.1. The molecule has 3 N–H and O–H groups in total. The molecule has 1 amide bonds. The molecular weight excluding hydrogens is 329 g/mol. The van der Waals surface area contributed by atoms with E-state index in [-0.39, 0.29) is 18.4 Å². The molecule has 0 spiro atoms. The summed E-state index contributed by atoms with van der Waals surface area (Å²) in [5, 5.41) is 20.7. The fraction of sp³-hybridized carbons (Fsp3) is 0.167. The number of amides is 1. The summed E-state index contributed by atoms with van der Waals surface area (Å²) in [6.07, 6.45) is -0.586. The van der Waals surface area contributed by atoms with Crippen LogP contribution in [-0.2, 0) is 16.0 Å². The van der Waals surface area contributed by atoms with Crippen molar-refractivity contribution in [2.45, 2.75) is 18.9 Å². The molecule has 6 nitrogen and oxygen atoms in total. The highest BCUT2D eigenvalue weighted by atomic mass is 19.1. The third-order valence-electron chi connectivity index (χ3n) is 3.59. The van der Waals surface area contributed by atoms with Crippen LogP contribution >= 0.6 is 0 Å². The maximum absolute atomic E-state index is 13.0. The van der Waals surface area contributed by atoms with Crippen LogP contribution in [0.5, 0.6) is 0 Å². The molecule has 0 aliphatic carbocycles. The van der Waals surface area contributed by atoms with Crippen molar-refractivity contribution in [1.82, 2.24) is 5.32 Å². The molecule has 0 aliphatic rings. The number of aliphatic carboxylic acids is 1. The highest BCUT2D eigenvalue weighted by Crippen LogP contribution is 2.18. The molecule has 2 aromatic carbocycles. The van der Waals surface area contributed by atoms with Crippen LogP contribution in [0, 0.1) is 5.82 Å². The molecule has 0 unspecified atom stereocenters. The van der Waals surface area contributed by atoms with Gasteiger partial charge in [-0.3, -0.25) is 9.59 Å². The predicted molar refractivity (Wildman–Crippen MR) is 86.6 cm³/mol. The summed E-state index contributed by atoms with van der Waals surface area (Å²) in [5.74, 6) is -3.27. The summed E-state index contributed by atoms with van der Waals surface area (Å²) in [5.41, 5.74) is 0.776. The monoisotopic (exact) mass is 345 g/mol. The quantitative estimate of drug-likeness (QED) is 0.715. The summed E-state index contributed by atoms with van der Waals surface area (Å²) >= 11 is 0. The van der Waals surface area contributed by atoms with E-state index in [4.69, 9.17) is 10.2 Å². The minimum atomic E-state index is -1.15. The van der Waals surface area contributed by atoms with Crippen LogP contribution < -0.4 is 5.32 Å². The number of hydrogen-bond acceptors (Lipinski definition) is 3. The van der Waals surface area contributed by atoms with Crippen LogP contribution in [0.2, 0.25) is 0 Å². The minimum absolute atomic E-state index is 0.00853. The fourth-order valence-corrected chi connectivity index (χ4v) is 2.42. The molecule has 0 bridgehead atoms. The maximum atomic E-state index is 13.0. The lowest BCUT2D eigenvalue weighted by Crippen LogP contribution is -2.31. The second kappa shape index (κ2) is 8.05. The third kappa shape index (κ3) is 5.13. The maximum Gasteiger partial charge on any atom is 0.335 e. The Kier molecular flexibility index (Phi) is 5.84. The average Bonchev–Trinajstić information content (AvgIpc) is 2.54. The zero-order valence-electron chi connectivity index (χ0n) is 13.1. The van der Waals surface area contributed by atoms with E-state index in [1.54, 1.807) is 12.1 Å². The largest absolute Gasteiger partial charge is 0.481 e. The van der Waals surface area contributed by atoms with Gasteiger partial charge in [0, 0.05) is 0 Å². The normalized spacial score (nSPS) is 11.6. The Morgan fingerprint density at radius 1 is 1.00 bits per heavy atom. The molecule has 0 saturated heterocycles. The highest BCUT2D eigenvalue weighted by molar-refractivity contribution is 5.91. The number of carboxylic acid groups (broad SMARTS) is 2. The van der Waals surface area contributed by atoms with Gasteiger partial charge in [-0.05, 0) is 29.3 Å². The Hall–Kier alpha value is -3.22. The summed E-state index contributed by atoms with van der Waals surface area (Å²) in [7, 11) is 0. The molecule has 0 saturated carbocycles. The lowest BCUT2D eigenvalue weighted by atomic mass is 10.0.